The first-order valence-corrected chi connectivity index (χ1v) is 12.2. The number of benzene rings is 1. The van der Waals surface area contributed by atoms with Crippen LogP contribution in [-0.2, 0) is 12.8 Å². The molecule has 0 radical (unpaired) electrons. The molecule has 0 aromatic heterocycles. The second kappa shape index (κ2) is 8.43. The number of nitrogens with zero attached hydrogens (tertiary/aromatic N) is 2. The zero-order valence-electron chi connectivity index (χ0n) is 20.3. The van der Waals surface area contributed by atoms with Gasteiger partial charge in [0.15, 0.2) is 0 Å². The van der Waals surface area contributed by atoms with Crippen LogP contribution in [0.3, 0.4) is 0 Å². The summed E-state index contributed by atoms with van der Waals surface area (Å²) in [6.07, 6.45) is 7.22. The minimum Gasteiger partial charge on any atom is -0.370 e. The van der Waals surface area contributed by atoms with Crippen molar-refractivity contribution in [2.45, 2.75) is 72.6 Å². The Balaban J connectivity index is 1.56. The van der Waals surface area contributed by atoms with E-state index in [0.29, 0.717) is 18.3 Å². The second-order valence-corrected chi connectivity index (χ2v) is 10.5. The van der Waals surface area contributed by atoms with Crippen LogP contribution in [0.25, 0.3) is 5.70 Å². The number of aryl methyl sites for hydroxylation is 1. The second-order valence-electron chi connectivity index (χ2n) is 10.5. The number of halogens is 2. The van der Waals surface area contributed by atoms with Gasteiger partial charge >= 0.3 is 0 Å². The molecule has 1 heterocycles. The summed E-state index contributed by atoms with van der Waals surface area (Å²) in [5, 5.41) is 0. The molecule has 1 aromatic carbocycles. The Morgan fingerprint density at radius 3 is 2.69 bits per heavy atom. The van der Waals surface area contributed by atoms with E-state index < -0.39 is 11.8 Å². The number of alkyl halides is 2. The summed E-state index contributed by atoms with van der Waals surface area (Å²) in [5.74, 6) is -2.12. The van der Waals surface area contributed by atoms with Crippen molar-refractivity contribution in [2.24, 2.45) is 28.2 Å². The number of allylic oxidation sites excluding steroid dienone is 1. The van der Waals surface area contributed by atoms with Gasteiger partial charge < -0.3 is 4.90 Å². The zero-order valence-corrected chi connectivity index (χ0v) is 20.3. The van der Waals surface area contributed by atoms with Crippen molar-refractivity contribution in [3.8, 4) is 0 Å². The third-order valence-corrected chi connectivity index (χ3v) is 8.06. The topological polar surface area (TPSA) is 15.6 Å². The maximum Gasteiger partial charge on any atom is 0.248 e. The summed E-state index contributed by atoms with van der Waals surface area (Å²) >= 11 is 0. The fourth-order valence-corrected chi connectivity index (χ4v) is 5.30. The van der Waals surface area contributed by atoms with Gasteiger partial charge in [-0.2, -0.15) is 0 Å². The van der Waals surface area contributed by atoms with Gasteiger partial charge in [0.2, 0.25) is 5.92 Å². The quantitative estimate of drug-likeness (QED) is 0.372. The first kappa shape index (κ1) is 23.2. The molecule has 3 fully saturated rings. The largest absolute Gasteiger partial charge is 0.370 e. The SMILES string of the molecule is C=C(c1cc(CC)ccc1CC(C)C(C)(F)F)N1CC2CC2(/C(=C/C)N=C(C)C2CC2)C1. The van der Waals surface area contributed by atoms with Gasteiger partial charge in [0, 0.05) is 47.1 Å². The van der Waals surface area contributed by atoms with Crippen LogP contribution in [0.2, 0.25) is 0 Å². The molecule has 3 atom stereocenters. The number of piperidine rings is 1. The maximum absolute atomic E-state index is 13.9. The first-order valence-electron chi connectivity index (χ1n) is 12.2. The average molecular weight is 441 g/mol. The molecule has 3 aliphatic rings. The average Bonchev–Trinajstić information content (AvgIpc) is 3.68. The molecule has 174 valence electrons. The zero-order chi connectivity index (χ0) is 23.3. The molecule has 4 heteroatoms. The lowest BCUT2D eigenvalue weighted by molar-refractivity contribution is -0.0320. The Labute approximate surface area is 192 Å². The van der Waals surface area contributed by atoms with Gasteiger partial charge in [0.25, 0.3) is 0 Å². The van der Waals surface area contributed by atoms with E-state index in [0.717, 1.165) is 43.3 Å². The molecule has 1 aliphatic heterocycles. The Bertz CT molecular complexity index is 951. The highest BCUT2D eigenvalue weighted by atomic mass is 19.3. The van der Waals surface area contributed by atoms with Crippen LogP contribution in [0, 0.1) is 23.2 Å². The first-order chi connectivity index (χ1) is 15.1. The van der Waals surface area contributed by atoms with Gasteiger partial charge in [0.05, 0.1) is 0 Å². The molecular weight excluding hydrogens is 402 g/mol. The molecule has 2 nitrogen and oxygen atoms in total. The van der Waals surface area contributed by atoms with Crippen molar-refractivity contribution < 1.29 is 8.78 Å². The highest BCUT2D eigenvalue weighted by Gasteiger charge is 2.62. The number of rotatable bonds is 9. The lowest BCUT2D eigenvalue weighted by atomic mass is 9.90. The van der Waals surface area contributed by atoms with Crippen LogP contribution in [0.4, 0.5) is 8.78 Å². The van der Waals surface area contributed by atoms with Gasteiger partial charge in [-0.25, -0.2) is 8.78 Å². The van der Waals surface area contributed by atoms with Crippen LogP contribution in [-0.4, -0.2) is 29.6 Å². The van der Waals surface area contributed by atoms with Gasteiger partial charge in [-0.3, -0.25) is 4.99 Å². The van der Waals surface area contributed by atoms with E-state index in [1.165, 1.54) is 36.2 Å². The third kappa shape index (κ3) is 4.43. The molecule has 4 rings (SSSR count). The number of likely N-dealkylation sites (tertiary alicyclic amines) is 1. The van der Waals surface area contributed by atoms with Crippen molar-refractivity contribution in [2.75, 3.05) is 13.1 Å². The monoisotopic (exact) mass is 440 g/mol. The summed E-state index contributed by atoms with van der Waals surface area (Å²) in [4.78, 5) is 7.45. The smallest absolute Gasteiger partial charge is 0.248 e. The van der Waals surface area contributed by atoms with E-state index in [4.69, 9.17) is 4.99 Å². The van der Waals surface area contributed by atoms with Crippen molar-refractivity contribution in [1.82, 2.24) is 4.90 Å². The van der Waals surface area contributed by atoms with Crippen molar-refractivity contribution >= 4 is 11.4 Å². The highest BCUT2D eigenvalue weighted by Crippen LogP contribution is 2.63. The standard InChI is InChI=1S/C28H38F2N2/c1-7-21-9-10-23(13-18(3)27(6,29)30)25(14-21)20(5)32-16-24-15-28(24,17-32)26(8-2)31-19(4)22-11-12-22/h8-10,14,18,22,24H,5,7,11-13,15-17H2,1-4,6H3/b26-8-,31-19?. The fraction of sp³-hybridized carbons (Fsp3) is 0.607. The van der Waals surface area contributed by atoms with Crippen molar-refractivity contribution in [3.05, 3.63) is 53.2 Å². The molecule has 2 saturated carbocycles. The minimum atomic E-state index is -2.69. The van der Waals surface area contributed by atoms with Crippen molar-refractivity contribution in [3.63, 3.8) is 0 Å². The highest BCUT2D eigenvalue weighted by molar-refractivity contribution is 5.87. The van der Waals surface area contributed by atoms with E-state index >= 15 is 0 Å². The summed E-state index contributed by atoms with van der Waals surface area (Å²) in [6.45, 7) is 15.4. The number of fused-ring (bicyclic) bond motifs is 1. The van der Waals surface area contributed by atoms with Crippen molar-refractivity contribution in [1.29, 1.82) is 0 Å². The molecule has 32 heavy (non-hydrogen) atoms. The summed E-state index contributed by atoms with van der Waals surface area (Å²) in [7, 11) is 0. The Morgan fingerprint density at radius 2 is 2.09 bits per heavy atom. The molecule has 0 amide bonds. The summed E-state index contributed by atoms with van der Waals surface area (Å²) < 4.78 is 27.9. The lowest BCUT2D eigenvalue weighted by Crippen LogP contribution is -2.26. The molecule has 2 aliphatic carbocycles. The van der Waals surface area contributed by atoms with Crippen LogP contribution in [0.15, 0.2) is 41.5 Å². The van der Waals surface area contributed by atoms with Crippen LogP contribution in [0.5, 0.6) is 0 Å². The van der Waals surface area contributed by atoms with Crippen LogP contribution in [0.1, 0.15) is 70.6 Å². The molecule has 1 saturated heterocycles. The predicted molar refractivity (Wildman–Crippen MR) is 130 cm³/mol. The Hall–Kier alpha value is -1.97. The third-order valence-electron chi connectivity index (χ3n) is 8.06. The molecule has 1 aromatic rings. The van der Waals surface area contributed by atoms with Gasteiger partial charge in [0.1, 0.15) is 0 Å². The fourth-order valence-electron chi connectivity index (χ4n) is 5.30. The summed E-state index contributed by atoms with van der Waals surface area (Å²) in [6, 6.07) is 6.28. The molecule has 0 bridgehead atoms. The van der Waals surface area contributed by atoms with Crippen LogP contribution < -0.4 is 0 Å². The van der Waals surface area contributed by atoms with E-state index in [9.17, 15) is 8.78 Å². The van der Waals surface area contributed by atoms with E-state index in [1.54, 1.807) is 6.92 Å². The van der Waals surface area contributed by atoms with Gasteiger partial charge in [-0.05, 0) is 81.9 Å². The lowest BCUT2D eigenvalue weighted by Gasteiger charge is -2.28. The Kier molecular flexibility index (Phi) is 6.11. The molecule has 0 spiro atoms. The number of hydrogen-bond donors (Lipinski definition) is 0. The molecule has 3 unspecified atom stereocenters. The van der Waals surface area contributed by atoms with Gasteiger partial charge in [-0.15, -0.1) is 0 Å². The Morgan fingerprint density at radius 1 is 1.38 bits per heavy atom. The minimum absolute atomic E-state index is 0.139. The number of hydrogen-bond acceptors (Lipinski definition) is 2. The predicted octanol–water partition coefficient (Wildman–Crippen LogP) is 7.15. The van der Waals surface area contributed by atoms with E-state index in [-0.39, 0.29) is 5.41 Å². The van der Waals surface area contributed by atoms with Gasteiger partial charge in [-0.1, -0.05) is 38.6 Å². The normalized spacial score (nSPS) is 26.8. The summed E-state index contributed by atoms with van der Waals surface area (Å²) in [5.41, 5.74) is 6.87. The molecule has 0 N–H and O–H groups in total. The molecular formula is C28H38F2N2. The maximum atomic E-state index is 13.9. The van der Waals surface area contributed by atoms with E-state index in [2.05, 4.69) is 50.5 Å². The van der Waals surface area contributed by atoms with E-state index in [1.807, 2.05) is 6.07 Å². The van der Waals surface area contributed by atoms with Crippen LogP contribution >= 0.6 is 0 Å². The number of aliphatic imine (C=N–C) groups is 1.